The summed E-state index contributed by atoms with van der Waals surface area (Å²) in [6, 6.07) is 16.5. The van der Waals surface area contributed by atoms with Crippen molar-refractivity contribution in [3.05, 3.63) is 65.7 Å². The molecule has 0 atom stereocenters. The number of hydrogen-bond donors (Lipinski definition) is 1. The van der Waals surface area contributed by atoms with Crippen molar-refractivity contribution in [3.8, 4) is 5.75 Å². The molecule has 0 saturated carbocycles. The van der Waals surface area contributed by atoms with E-state index < -0.39 is 10.2 Å². The first-order valence-electron chi connectivity index (χ1n) is 10.4. The van der Waals surface area contributed by atoms with Gasteiger partial charge in [-0.15, -0.1) is 0 Å². The first-order valence-corrected chi connectivity index (χ1v) is 11.9. The van der Waals surface area contributed by atoms with Crippen LogP contribution in [0.2, 0.25) is 0 Å². The minimum absolute atomic E-state index is 0.000860. The van der Waals surface area contributed by atoms with E-state index in [0.29, 0.717) is 24.3 Å². The molecule has 0 aliphatic carbocycles. The number of nitrogens with zero attached hydrogens (tertiary/aromatic N) is 2. The normalized spacial score (nSPS) is 12.2. The lowest BCUT2D eigenvalue weighted by Crippen LogP contribution is -2.43. The van der Waals surface area contributed by atoms with Crippen LogP contribution in [0.1, 0.15) is 28.8 Å². The van der Waals surface area contributed by atoms with Crippen molar-refractivity contribution in [2.75, 3.05) is 54.4 Å². The lowest BCUT2D eigenvalue weighted by atomic mass is 10.0. The average molecular weight is 449 g/mol. The summed E-state index contributed by atoms with van der Waals surface area (Å²) in [5, 5.41) is 0. The van der Waals surface area contributed by atoms with E-state index in [0.717, 1.165) is 36.2 Å². The fourth-order valence-electron chi connectivity index (χ4n) is 3.09. The molecule has 31 heavy (non-hydrogen) atoms. The van der Waals surface area contributed by atoms with Gasteiger partial charge in [0.2, 0.25) is 0 Å². The summed E-state index contributed by atoms with van der Waals surface area (Å²) >= 11 is 0. The molecule has 0 saturated heterocycles. The molecule has 7 nitrogen and oxygen atoms in total. The van der Waals surface area contributed by atoms with Crippen molar-refractivity contribution < 1.29 is 22.4 Å². The van der Waals surface area contributed by atoms with Crippen LogP contribution in [0.15, 0.2) is 54.6 Å². The zero-order chi connectivity index (χ0) is 22.9. The van der Waals surface area contributed by atoms with Gasteiger partial charge in [-0.25, -0.2) is 4.72 Å². The summed E-state index contributed by atoms with van der Waals surface area (Å²) in [7, 11) is 3.92. The highest BCUT2D eigenvalue weighted by Gasteiger charge is 2.16. The molecule has 0 fully saturated rings. The van der Waals surface area contributed by atoms with Gasteiger partial charge in [0, 0.05) is 44.6 Å². The maximum Gasteiger partial charge on any atom is 0.278 e. The van der Waals surface area contributed by atoms with Crippen LogP contribution in [0, 0.1) is 0 Å². The molecule has 0 aromatic heterocycles. The van der Waals surface area contributed by atoms with Crippen LogP contribution < -0.4 is 9.46 Å². The number of ketones is 1. The molecule has 2 aromatic carbocycles. The second-order valence-electron chi connectivity index (χ2n) is 8.34. The van der Waals surface area contributed by atoms with Gasteiger partial charge in [0.25, 0.3) is 10.2 Å². The minimum atomic E-state index is -3.36. The monoisotopic (exact) mass is 448 g/mol. The van der Waals surface area contributed by atoms with Gasteiger partial charge in [-0.1, -0.05) is 30.3 Å². The van der Waals surface area contributed by atoms with E-state index >= 15 is 0 Å². The van der Waals surface area contributed by atoms with Crippen molar-refractivity contribution in [1.29, 1.82) is 0 Å². The van der Waals surface area contributed by atoms with Crippen LogP contribution in [0.3, 0.4) is 0 Å². The summed E-state index contributed by atoms with van der Waals surface area (Å²) < 4.78 is 33.8. The van der Waals surface area contributed by atoms with E-state index in [-0.39, 0.29) is 5.78 Å². The van der Waals surface area contributed by atoms with Crippen LogP contribution in [-0.4, -0.2) is 77.4 Å². The van der Waals surface area contributed by atoms with Crippen LogP contribution in [0.25, 0.3) is 0 Å². The summed E-state index contributed by atoms with van der Waals surface area (Å²) in [5.41, 5.74) is 1.31. The predicted molar refractivity (Wildman–Crippen MR) is 123 cm³/mol. The fraction of sp³-hybridized carbons (Fsp3) is 0.435. The summed E-state index contributed by atoms with van der Waals surface area (Å²) in [5.74, 6) is 0.743. The van der Waals surface area contributed by atoms with Crippen molar-refractivity contribution in [2.45, 2.75) is 12.8 Å². The van der Waals surface area contributed by atoms with E-state index in [1.165, 1.54) is 18.4 Å². The Morgan fingerprint density at radius 1 is 0.935 bits per heavy atom. The highest BCUT2D eigenvalue weighted by atomic mass is 32.2. The number of nitrogens with one attached hydrogen (secondary N) is 1. The fourth-order valence-corrected chi connectivity index (χ4v) is 3.75. The maximum atomic E-state index is 12.4. The highest BCUT2D eigenvalue weighted by Crippen LogP contribution is 2.16. The van der Waals surface area contributed by atoms with Crippen LogP contribution in [0.4, 0.5) is 0 Å². The number of carbonyl (C=O) groups excluding carboxylic acids is 1. The average Bonchev–Trinajstić information content (AvgIpc) is 2.75. The maximum absolute atomic E-state index is 12.4. The molecule has 1 N–H and O–H groups in total. The van der Waals surface area contributed by atoms with Gasteiger partial charge < -0.3 is 9.22 Å². The van der Waals surface area contributed by atoms with Crippen LogP contribution in [-0.2, 0) is 10.2 Å². The lowest BCUT2D eigenvalue weighted by Gasteiger charge is -2.30. The van der Waals surface area contributed by atoms with Gasteiger partial charge in [-0.2, -0.15) is 12.7 Å². The Hall–Kier alpha value is -2.26. The van der Waals surface area contributed by atoms with Gasteiger partial charge in [0.1, 0.15) is 5.75 Å². The predicted octanol–water partition coefficient (Wildman–Crippen LogP) is 2.55. The van der Waals surface area contributed by atoms with Crippen molar-refractivity contribution in [1.82, 2.24) is 9.03 Å². The zero-order valence-electron chi connectivity index (χ0n) is 18.9. The van der Waals surface area contributed by atoms with Gasteiger partial charge in [0.05, 0.1) is 33.8 Å². The lowest BCUT2D eigenvalue weighted by molar-refractivity contribution is -0.890. The van der Waals surface area contributed by atoms with Gasteiger partial charge in [-0.3, -0.25) is 4.79 Å². The molecule has 0 bridgehead atoms. The van der Waals surface area contributed by atoms with Crippen molar-refractivity contribution >= 4 is 16.0 Å². The smallest absolute Gasteiger partial charge is 0.278 e. The first-order chi connectivity index (χ1) is 14.6. The minimum Gasteiger partial charge on any atom is -0.493 e. The summed E-state index contributed by atoms with van der Waals surface area (Å²) in [6.07, 6.45) is 1.64. The molecule has 2 aromatic rings. The number of benzene rings is 2. The molecular weight excluding hydrogens is 414 g/mol. The van der Waals surface area contributed by atoms with Gasteiger partial charge >= 0.3 is 0 Å². The third kappa shape index (κ3) is 8.41. The molecule has 0 radical (unpaired) electrons. The Labute approximate surface area is 186 Å². The molecule has 0 unspecified atom stereocenters. The number of rotatable bonds is 13. The Bertz CT molecular complexity index is 927. The molecule has 0 amide bonds. The molecule has 0 aliphatic heterocycles. The van der Waals surface area contributed by atoms with E-state index in [2.05, 4.69) is 18.8 Å². The first kappa shape index (κ1) is 25.0. The third-order valence-electron chi connectivity index (χ3n) is 5.03. The number of hydrogen-bond acceptors (Lipinski definition) is 4. The largest absolute Gasteiger partial charge is 0.493 e. The molecule has 170 valence electrons. The van der Waals surface area contributed by atoms with Gasteiger partial charge in [0.15, 0.2) is 5.78 Å². The number of quaternary nitrogens is 1. The molecular formula is C23H34N3O4S+. The van der Waals surface area contributed by atoms with Crippen LogP contribution in [0.5, 0.6) is 5.75 Å². The SMILES string of the molecule is CN(C)S(=O)(=O)NCCC[N+](C)(C)CCCOc1ccc(C(=O)c2ccccc2)cc1. The summed E-state index contributed by atoms with van der Waals surface area (Å²) in [6.45, 7) is 2.80. The quantitative estimate of drug-likeness (QED) is 0.290. The third-order valence-corrected chi connectivity index (χ3v) is 6.56. The van der Waals surface area contributed by atoms with E-state index in [4.69, 9.17) is 4.74 Å². The van der Waals surface area contributed by atoms with E-state index in [1.54, 1.807) is 12.1 Å². The van der Waals surface area contributed by atoms with E-state index in [1.807, 2.05) is 42.5 Å². The molecule has 8 heteroatoms. The second kappa shape index (κ2) is 11.4. The van der Waals surface area contributed by atoms with Crippen molar-refractivity contribution in [2.24, 2.45) is 0 Å². The Kier molecular flexibility index (Phi) is 9.18. The van der Waals surface area contributed by atoms with E-state index in [9.17, 15) is 13.2 Å². The molecule has 0 aliphatic rings. The Morgan fingerprint density at radius 2 is 1.52 bits per heavy atom. The Morgan fingerprint density at radius 3 is 2.13 bits per heavy atom. The second-order valence-corrected chi connectivity index (χ2v) is 10.3. The van der Waals surface area contributed by atoms with Crippen LogP contribution >= 0.6 is 0 Å². The topological polar surface area (TPSA) is 75.7 Å². The zero-order valence-corrected chi connectivity index (χ0v) is 19.7. The number of carbonyl (C=O) groups is 1. The standard InChI is InChI=1S/C23H34N3O4S/c1-25(2)31(28,29)24-16-8-17-26(3,4)18-9-19-30-22-14-12-21(13-15-22)23(27)20-10-6-5-7-11-20/h5-7,10-15,24H,8-9,16-19H2,1-4H3/q+1. The van der Waals surface area contributed by atoms with Gasteiger partial charge in [-0.05, 0) is 24.3 Å². The van der Waals surface area contributed by atoms with Crippen molar-refractivity contribution in [3.63, 3.8) is 0 Å². The molecule has 0 heterocycles. The highest BCUT2D eigenvalue weighted by molar-refractivity contribution is 7.87. The molecule has 0 spiro atoms. The Balaban J connectivity index is 1.70. The number of ether oxygens (including phenoxy) is 1. The molecule has 2 rings (SSSR count). The summed E-state index contributed by atoms with van der Waals surface area (Å²) in [4.78, 5) is 12.4.